The van der Waals surface area contributed by atoms with Gasteiger partial charge in [0, 0.05) is 16.6 Å². The minimum atomic E-state index is 0.458. The summed E-state index contributed by atoms with van der Waals surface area (Å²) < 4.78 is 2.75. The normalized spacial score (nSPS) is 15.1. The van der Waals surface area contributed by atoms with E-state index in [1.807, 2.05) is 24.3 Å². The van der Waals surface area contributed by atoms with Crippen LogP contribution in [0.2, 0.25) is 0 Å². The molecule has 0 atom stereocenters. The molecular formula is C16H18BrN5. The van der Waals surface area contributed by atoms with E-state index >= 15 is 0 Å². The summed E-state index contributed by atoms with van der Waals surface area (Å²) >= 11 is 3.41. The van der Waals surface area contributed by atoms with Gasteiger partial charge in [-0.25, -0.2) is 4.68 Å². The topological polar surface area (TPSA) is 70.9 Å². The fourth-order valence-electron chi connectivity index (χ4n) is 2.81. The molecule has 0 aliphatic carbocycles. The quantitative estimate of drug-likeness (QED) is 0.910. The van der Waals surface area contributed by atoms with Gasteiger partial charge in [0.15, 0.2) is 0 Å². The minimum Gasteiger partial charge on any atom is -0.383 e. The molecule has 1 aliphatic rings. The van der Waals surface area contributed by atoms with Crippen LogP contribution < -0.4 is 5.73 Å². The third kappa shape index (κ3) is 3.01. The third-order valence-electron chi connectivity index (χ3n) is 4.05. The first-order valence-electron chi connectivity index (χ1n) is 7.43. The van der Waals surface area contributed by atoms with Crippen molar-refractivity contribution in [3.63, 3.8) is 0 Å². The van der Waals surface area contributed by atoms with Crippen molar-refractivity contribution < 1.29 is 0 Å². The van der Waals surface area contributed by atoms with Crippen LogP contribution in [0.1, 0.15) is 18.4 Å². The Morgan fingerprint density at radius 1 is 1.18 bits per heavy atom. The number of anilines is 1. The summed E-state index contributed by atoms with van der Waals surface area (Å²) in [5.74, 6) is 0.458. The van der Waals surface area contributed by atoms with Crippen molar-refractivity contribution in [1.82, 2.24) is 14.7 Å². The van der Waals surface area contributed by atoms with Gasteiger partial charge >= 0.3 is 0 Å². The average Bonchev–Trinajstić information content (AvgIpc) is 3.14. The van der Waals surface area contributed by atoms with Crippen LogP contribution in [0.15, 0.2) is 28.7 Å². The molecule has 0 spiro atoms. The fourth-order valence-corrected chi connectivity index (χ4v) is 3.07. The van der Waals surface area contributed by atoms with Crippen molar-refractivity contribution in [2.75, 3.05) is 25.4 Å². The lowest BCUT2D eigenvalue weighted by molar-refractivity contribution is 0.317. The predicted octanol–water partition coefficient (Wildman–Crippen LogP) is 2.86. The number of nitrogens with zero attached hydrogens (tertiary/aromatic N) is 4. The van der Waals surface area contributed by atoms with E-state index in [9.17, 15) is 5.26 Å². The van der Waals surface area contributed by atoms with Crippen LogP contribution in [0.3, 0.4) is 0 Å². The number of hydrogen-bond donors (Lipinski definition) is 1. The molecule has 0 amide bonds. The Morgan fingerprint density at radius 2 is 1.86 bits per heavy atom. The molecule has 1 aromatic carbocycles. The Bertz CT molecular complexity index is 693. The SMILES string of the molecule is N#Cc1c(-c2ccc(Br)cc2)nn(CCN2CCCC2)c1N. The van der Waals surface area contributed by atoms with E-state index in [2.05, 4.69) is 32.0 Å². The zero-order valence-electron chi connectivity index (χ0n) is 12.3. The number of rotatable bonds is 4. The molecule has 0 saturated carbocycles. The van der Waals surface area contributed by atoms with E-state index in [0.29, 0.717) is 17.1 Å². The van der Waals surface area contributed by atoms with Gasteiger partial charge < -0.3 is 10.6 Å². The third-order valence-corrected chi connectivity index (χ3v) is 4.58. The van der Waals surface area contributed by atoms with E-state index in [4.69, 9.17) is 5.73 Å². The Kier molecular flexibility index (Phi) is 4.46. The molecule has 2 N–H and O–H groups in total. The van der Waals surface area contributed by atoms with Crippen LogP contribution in [-0.2, 0) is 6.54 Å². The number of hydrogen-bond acceptors (Lipinski definition) is 4. The number of aromatic nitrogens is 2. The maximum atomic E-state index is 9.41. The van der Waals surface area contributed by atoms with Crippen molar-refractivity contribution in [2.45, 2.75) is 19.4 Å². The van der Waals surface area contributed by atoms with E-state index in [0.717, 1.165) is 36.2 Å². The number of halogens is 1. The van der Waals surface area contributed by atoms with Gasteiger partial charge in [0.1, 0.15) is 23.1 Å². The highest BCUT2D eigenvalue weighted by atomic mass is 79.9. The molecule has 5 nitrogen and oxygen atoms in total. The highest BCUT2D eigenvalue weighted by Crippen LogP contribution is 2.27. The number of likely N-dealkylation sites (tertiary alicyclic amines) is 1. The summed E-state index contributed by atoms with van der Waals surface area (Å²) in [6.45, 7) is 3.94. The number of nitrogens with two attached hydrogens (primary N) is 1. The van der Waals surface area contributed by atoms with Gasteiger partial charge in [0.05, 0.1) is 6.54 Å². The van der Waals surface area contributed by atoms with Gasteiger partial charge in [0.25, 0.3) is 0 Å². The van der Waals surface area contributed by atoms with Crippen molar-refractivity contribution in [1.29, 1.82) is 5.26 Å². The van der Waals surface area contributed by atoms with Crippen molar-refractivity contribution in [2.24, 2.45) is 0 Å². The second-order valence-electron chi connectivity index (χ2n) is 5.50. The fraction of sp³-hybridized carbons (Fsp3) is 0.375. The van der Waals surface area contributed by atoms with Crippen molar-refractivity contribution in [3.05, 3.63) is 34.3 Å². The molecule has 114 valence electrons. The molecule has 1 fully saturated rings. The number of benzene rings is 1. The summed E-state index contributed by atoms with van der Waals surface area (Å²) in [5.41, 5.74) is 8.15. The van der Waals surface area contributed by atoms with Crippen LogP contribution in [0.4, 0.5) is 5.82 Å². The highest BCUT2D eigenvalue weighted by Gasteiger charge is 2.18. The number of nitrogen functional groups attached to an aromatic ring is 1. The molecule has 0 unspecified atom stereocenters. The van der Waals surface area contributed by atoms with Gasteiger partial charge in [-0.3, -0.25) is 0 Å². The van der Waals surface area contributed by atoms with Crippen LogP contribution >= 0.6 is 15.9 Å². The first-order chi connectivity index (χ1) is 10.7. The lowest BCUT2D eigenvalue weighted by Gasteiger charge is -2.14. The Morgan fingerprint density at radius 3 is 2.50 bits per heavy atom. The second kappa shape index (κ2) is 6.51. The second-order valence-corrected chi connectivity index (χ2v) is 6.42. The first kappa shape index (κ1) is 15.1. The summed E-state index contributed by atoms with van der Waals surface area (Å²) in [6.07, 6.45) is 2.53. The molecule has 2 heterocycles. The standard InChI is InChI=1S/C16H18BrN5/c17-13-5-3-12(4-6-13)15-14(11-18)16(19)22(20-15)10-9-21-7-1-2-8-21/h3-6H,1-2,7-10,19H2. The molecule has 3 rings (SSSR count). The van der Waals surface area contributed by atoms with Crippen molar-refractivity contribution in [3.8, 4) is 17.3 Å². The zero-order chi connectivity index (χ0) is 15.5. The summed E-state index contributed by atoms with van der Waals surface area (Å²) in [7, 11) is 0. The summed E-state index contributed by atoms with van der Waals surface area (Å²) in [4.78, 5) is 2.41. The maximum Gasteiger partial charge on any atom is 0.140 e. The van der Waals surface area contributed by atoms with Gasteiger partial charge in [-0.2, -0.15) is 10.4 Å². The smallest absolute Gasteiger partial charge is 0.140 e. The summed E-state index contributed by atoms with van der Waals surface area (Å²) in [6, 6.07) is 9.96. The van der Waals surface area contributed by atoms with Crippen LogP contribution in [0, 0.1) is 11.3 Å². The van der Waals surface area contributed by atoms with E-state index in [1.165, 1.54) is 12.8 Å². The first-order valence-corrected chi connectivity index (χ1v) is 8.23. The molecule has 22 heavy (non-hydrogen) atoms. The number of nitriles is 1. The van der Waals surface area contributed by atoms with Gasteiger partial charge in [-0.05, 0) is 38.1 Å². The molecule has 1 aliphatic heterocycles. The van der Waals surface area contributed by atoms with Crippen LogP contribution in [0.25, 0.3) is 11.3 Å². The predicted molar refractivity (Wildman–Crippen MR) is 90.2 cm³/mol. The van der Waals surface area contributed by atoms with Gasteiger partial charge in [-0.1, -0.05) is 28.1 Å². The Hall–Kier alpha value is -1.84. The van der Waals surface area contributed by atoms with Gasteiger partial charge in [0.2, 0.25) is 0 Å². The maximum absolute atomic E-state index is 9.41. The Balaban J connectivity index is 1.86. The molecule has 1 saturated heterocycles. The Labute approximate surface area is 138 Å². The molecule has 6 heteroatoms. The molecule has 1 aromatic heterocycles. The monoisotopic (exact) mass is 359 g/mol. The molecular weight excluding hydrogens is 342 g/mol. The van der Waals surface area contributed by atoms with E-state index in [-0.39, 0.29) is 0 Å². The molecule has 0 radical (unpaired) electrons. The van der Waals surface area contributed by atoms with E-state index < -0.39 is 0 Å². The van der Waals surface area contributed by atoms with Gasteiger partial charge in [-0.15, -0.1) is 0 Å². The lowest BCUT2D eigenvalue weighted by atomic mass is 10.1. The summed E-state index contributed by atoms with van der Waals surface area (Å²) in [5, 5.41) is 14.0. The largest absolute Gasteiger partial charge is 0.383 e. The zero-order valence-corrected chi connectivity index (χ0v) is 13.9. The molecule has 0 bridgehead atoms. The average molecular weight is 360 g/mol. The highest BCUT2D eigenvalue weighted by molar-refractivity contribution is 9.10. The van der Waals surface area contributed by atoms with Crippen molar-refractivity contribution >= 4 is 21.7 Å². The van der Waals surface area contributed by atoms with Crippen LogP contribution in [0.5, 0.6) is 0 Å². The van der Waals surface area contributed by atoms with E-state index in [1.54, 1.807) is 4.68 Å². The van der Waals surface area contributed by atoms with Crippen LogP contribution in [-0.4, -0.2) is 34.3 Å². The minimum absolute atomic E-state index is 0.458. The molecule has 2 aromatic rings. The lowest BCUT2D eigenvalue weighted by Crippen LogP contribution is -2.25.